The van der Waals surface area contributed by atoms with E-state index in [9.17, 15) is 9.59 Å². The average molecular weight is 373 g/mol. The number of carboxylic acid groups (broad SMARTS) is 1. The molecule has 1 atom stereocenters. The number of nitrogens with one attached hydrogen (secondary N) is 1. The minimum atomic E-state index is -0.949. The van der Waals surface area contributed by atoms with Gasteiger partial charge in [0.15, 0.2) is 0 Å². The van der Waals surface area contributed by atoms with Crippen LogP contribution in [0.2, 0.25) is 0 Å². The maximum absolute atomic E-state index is 12.4. The fraction of sp³-hybridized carbons (Fsp3) is 0.368. The molecular formula is C19H23N3O3S. The largest absolute Gasteiger partial charge is 0.478 e. The van der Waals surface area contributed by atoms with Crippen molar-refractivity contribution in [2.75, 3.05) is 26.2 Å². The summed E-state index contributed by atoms with van der Waals surface area (Å²) in [4.78, 5) is 27.4. The SMILES string of the molecule is CC(c1ccsc1)N1CCN(C(=O)NCc2ccc(C(=O)O)cc2)CC1. The molecule has 2 amide bonds. The second-order valence-corrected chi connectivity index (χ2v) is 7.20. The Bertz CT molecular complexity index is 738. The van der Waals surface area contributed by atoms with Crippen LogP contribution >= 0.6 is 11.3 Å². The highest BCUT2D eigenvalue weighted by Crippen LogP contribution is 2.23. The van der Waals surface area contributed by atoms with Gasteiger partial charge in [-0.3, -0.25) is 4.90 Å². The van der Waals surface area contributed by atoms with Crippen molar-refractivity contribution >= 4 is 23.3 Å². The number of rotatable bonds is 5. The van der Waals surface area contributed by atoms with Crippen LogP contribution in [0.25, 0.3) is 0 Å². The number of thiophene rings is 1. The number of carbonyl (C=O) groups is 2. The third-order valence-electron chi connectivity index (χ3n) is 4.82. The monoisotopic (exact) mass is 373 g/mol. The molecule has 2 N–H and O–H groups in total. The van der Waals surface area contributed by atoms with Crippen molar-refractivity contribution in [3.63, 3.8) is 0 Å². The molecule has 6 nitrogen and oxygen atoms in total. The van der Waals surface area contributed by atoms with Crippen molar-refractivity contribution in [3.05, 3.63) is 57.8 Å². The van der Waals surface area contributed by atoms with Crippen molar-refractivity contribution in [1.82, 2.24) is 15.1 Å². The van der Waals surface area contributed by atoms with Gasteiger partial charge in [-0.15, -0.1) is 0 Å². The Labute approximate surface area is 157 Å². The third-order valence-corrected chi connectivity index (χ3v) is 5.52. The smallest absolute Gasteiger partial charge is 0.335 e. The van der Waals surface area contributed by atoms with Gasteiger partial charge >= 0.3 is 12.0 Å². The number of aromatic carboxylic acids is 1. The van der Waals surface area contributed by atoms with Crippen molar-refractivity contribution < 1.29 is 14.7 Å². The lowest BCUT2D eigenvalue weighted by molar-refractivity contribution is 0.0697. The van der Waals surface area contributed by atoms with Crippen LogP contribution in [0.4, 0.5) is 4.79 Å². The normalized spacial score (nSPS) is 16.3. The molecule has 1 aliphatic rings. The van der Waals surface area contributed by atoms with Gasteiger partial charge in [-0.1, -0.05) is 12.1 Å². The van der Waals surface area contributed by atoms with E-state index >= 15 is 0 Å². The summed E-state index contributed by atoms with van der Waals surface area (Å²) >= 11 is 1.71. The zero-order valence-corrected chi connectivity index (χ0v) is 15.5. The molecule has 1 aromatic carbocycles. The molecule has 0 bridgehead atoms. The van der Waals surface area contributed by atoms with Crippen LogP contribution in [0.1, 0.15) is 34.5 Å². The summed E-state index contributed by atoms with van der Waals surface area (Å²) in [5.74, 6) is -0.949. The van der Waals surface area contributed by atoms with Crippen molar-refractivity contribution in [2.45, 2.75) is 19.5 Å². The van der Waals surface area contributed by atoms with E-state index < -0.39 is 5.97 Å². The van der Waals surface area contributed by atoms with Crippen molar-refractivity contribution in [3.8, 4) is 0 Å². The highest BCUT2D eigenvalue weighted by Gasteiger charge is 2.24. The first-order valence-corrected chi connectivity index (χ1v) is 9.60. The molecule has 1 unspecified atom stereocenters. The lowest BCUT2D eigenvalue weighted by Crippen LogP contribution is -2.52. The second-order valence-electron chi connectivity index (χ2n) is 6.42. The number of amides is 2. The van der Waals surface area contributed by atoms with E-state index in [4.69, 9.17) is 5.11 Å². The van der Waals surface area contributed by atoms with Gasteiger partial charge < -0.3 is 15.3 Å². The minimum absolute atomic E-state index is 0.0739. The fourth-order valence-corrected chi connectivity index (χ4v) is 3.84. The standard InChI is InChI=1S/C19H23N3O3S/c1-14(17-6-11-26-13-17)21-7-9-22(10-8-21)19(25)20-12-15-2-4-16(5-3-15)18(23)24/h2-6,11,13-14H,7-10,12H2,1H3,(H,20,25)(H,23,24). The summed E-state index contributed by atoms with van der Waals surface area (Å²) in [5, 5.41) is 16.1. The lowest BCUT2D eigenvalue weighted by atomic mass is 10.1. The van der Waals surface area contributed by atoms with Crippen molar-refractivity contribution in [2.24, 2.45) is 0 Å². The summed E-state index contributed by atoms with van der Waals surface area (Å²) in [7, 11) is 0. The minimum Gasteiger partial charge on any atom is -0.478 e. The van der Waals surface area contributed by atoms with Crippen LogP contribution in [-0.2, 0) is 6.54 Å². The van der Waals surface area contributed by atoms with Gasteiger partial charge in [-0.2, -0.15) is 11.3 Å². The predicted octanol–water partition coefficient (Wildman–Crippen LogP) is 3.03. The van der Waals surface area contributed by atoms with Gasteiger partial charge in [0, 0.05) is 38.8 Å². The summed E-state index contributed by atoms with van der Waals surface area (Å²) in [5.41, 5.74) is 2.46. The van der Waals surface area contributed by atoms with E-state index in [0.717, 1.165) is 18.7 Å². The first kappa shape index (κ1) is 18.4. The average Bonchev–Trinajstić information content (AvgIpc) is 3.20. The molecular weight excluding hydrogens is 350 g/mol. The molecule has 1 aliphatic heterocycles. The van der Waals surface area contributed by atoms with Crippen LogP contribution in [0.15, 0.2) is 41.1 Å². The maximum atomic E-state index is 12.4. The Hall–Kier alpha value is -2.38. The van der Waals surface area contributed by atoms with Crippen LogP contribution in [0.3, 0.4) is 0 Å². The summed E-state index contributed by atoms with van der Waals surface area (Å²) in [6.07, 6.45) is 0. The van der Waals surface area contributed by atoms with Gasteiger partial charge in [-0.25, -0.2) is 9.59 Å². The molecule has 3 rings (SSSR count). The second kappa shape index (κ2) is 8.33. The molecule has 1 fully saturated rings. The van der Waals surface area contributed by atoms with Crippen LogP contribution in [0.5, 0.6) is 0 Å². The van der Waals surface area contributed by atoms with Gasteiger partial charge in [0.25, 0.3) is 0 Å². The Balaban J connectivity index is 1.45. The van der Waals surface area contributed by atoms with Gasteiger partial charge in [0.05, 0.1) is 5.56 Å². The molecule has 26 heavy (non-hydrogen) atoms. The highest BCUT2D eigenvalue weighted by molar-refractivity contribution is 7.07. The van der Waals surface area contributed by atoms with Crippen LogP contribution < -0.4 is 5.32 Å². The number of carboxylic acids is 1. The van der Waals surface area contributed by atoms with Gasteiger partial charge in [0.2, 0.25) is 0 Å². The fourth-order valence-electron chi connectivity index (χ4n) is 3.09. The molecule has 2 aromatic rings. The Morgan fingerprint density at radius 3 is 2.42 bits per heavy atom. The summed E-state index contributed by atoms with van der Waals surface area (Å²) < 4.78 is 0. The predicted molar refractivity (Wildman–Crippen MR) is 102 cm³/mol. The molecule has 0 aliphatic carbocycles. The maximum Gasteiger partial charge on any atom is 0.335 e. The van der Waals surface area contributed by atoms with Gasteiger partial charge in [-0.05, 0) is 47.0 Å². The number of nitrogens with zero attached hydrogens (tertiary/aromatic N) is 2. The molecule has 0 spiro atoms. The van der Waals surface area contributed by atoms with Crippen LogP contribution in [-0.4, -0.2) is 53.1 Å². The van der Waals surface area contributed by atoms with E-state index in [1.165, 1.54) is 5.56 Å². The summed E-state index contributed by atoms with van der Waals surface area (Å²) in [6.45, 7) is 5.73. The van der Waals surface area contributed by atoms with Gasteiger partial charge in [0.1, 0.15) is 0 Å². The van der Waals surface area contributed by atoms with E-state index in [0.29, 0.717) is 25.7 Å². The number of benzene rings is 1. The van der Waals surface area contributed by atoms with E-state index in [1.807, 2.05) is 4.90 Å². The number of hydrogen-bond donors (Lipinski definition) is 2. The van der Waals surface area contributed by atoms with E-state index in [2.05, 4.69) is 34.0 Å². The highest BCUT2D eigenvalue weighted by atomic mass is 32.1. The Kier molecular flexibility index (Phi) is 5.90. The van der Waals surface area contributed by atoms with E-state index in [-0.39, 0.29) is 11.6 Å². The Morgan fingerprint density at radius 1 is 1.15 bits per heavy atom. The molecule has 1 saturated heterocycles. The third kappa shape index (κ3) is 4.42. The van der Waals surface area contributed by atoms with Crippen LogP contribution in [0, 0.1) is 0 Å². The zero-order valence-electron chi connectivity index (χ0n) is 14.7. The molecule has 138 valence electrons. The number of urea groups is 1. The van der Waals surface area contributed by atoms with E-state index in [1.54, 1.807) is 35.6 Å². The number of hydrogen-bond acceptors (Lipinski definition) is 4. The first-order valence-electron chi connectivity index (χ1n) is 8.66. The lowest BCUT2D eigenvalue weighted by Gasteiger charge is -2.37. The van der Waals surface area contributed by atoms with Crippen molar-refractivity contribution in [1.29, 1.82) is 0 Å². The molecule has 1 aromatic heterocycles. The zero-order chi connectivity index (χ0) is 18.5. The quantitative estimate of drug-likeness (QED) is 0.845. The molecule has 2 heterocycles. The molecule has 7 heteroatoms. The molecule has 0 radical (unpaired) electrons. The first-order chi connectivity index (χ1) is 12.5. The summed E-state index contributed by atoms with van der Waals surface area (Å²) in [6, 6.07) is 9.01. The number of carbonyl (C=O) groups excluding carboxylic acids is 1. The molecule has 0 saturated carbocycles. The number of piperazine rings is 1. The Morgan fingerprint density at radius 2 is 1.85 bits per heavy atom. The topological polar surface area (TPSA) is 72.9 Å².